The molecule has 1 fully saturated rings. The van der Waals surface area contributed by atoms with Crippen molar-refractivity contribution in [2.75, 3.05) is 26.2 Å². The summed E-state index contributed by atoms with van der Waals surface area (Å²) >= 11 is 0. The van der Waals surface area contributed by atoms with Gasteiger partial charge in [0.2, 0.25) is 11.8 Å². The Morgan fingerprint density at radius 1 is 1.29 bits per heavy atom. The topological polar surface area (TPSA) is 80.5 Å². The van der Waals surface area contributed by atoms with Crippen molar-refractivity contribution in [3.63, 3.8) is 0 Å². The third-order valence-corrected chi connectivity index (χ3v) is 6.89. The van der Waals surface area contributed by atoms with E-state index < -0.39 is 18.7 Å². The van der Waals surface area contributed by atoms with Gasteiger partial charge in [0.05, 0.1) is 12.6 Å². The number of carbonyl (C=O) groups excluding carboxylic acids is 1. The summed E-state index contributed by atoms with van der Waals surface area (Å²) in [5.74, 6) is 1.15. The number of amides is 1. The van der Waals surface area contributed by atoms with Gasteiger partial charge in [-0.05, 0) is 44.1 Å². The molecule has 1 aliphatic heterocycles. The average molecular weight is 495 g/mol. The van der Waals surface area contributed by atoms with E-state index in [1.54, 1.807) is 19.2 Å². The molecule has 2 aliphatic rings. The van der Waals surface area contributed by atoms with Crippen molar-refractivity contribution >= 4 is 5.91 Å². The quantitative estimate of drug-likeness (QED) is 0.571. The number of nitrogens with zero attached hydrogens (tertiary/aromatic N) is 3. The molecule has 3 heterocycles. The number of hydrogen-bond acceptors (Lipinski definition) is 6. The van der Waals surface area contributed by atoms with Crippen molar-refractivity contribution in [2.24, 2.45) is 0 Å². The molecule has 0 bridgehead atoms. The lowest BCUT2D eigenvalue weighted by atomic mass is 9.81. The predicted octanol–water partition coefficient (Wildman–Crippen LogP) is 3.82. The number of fused-ring (bicyclic) bond motifs is 1. The van der Waals surface area contributed by atoms with Crippen LogP contribution in [0.2, 0.25) is 0 Å². The molecule has 0 atom stereocenters. The van der Waals surface area contributed by atoms with Gasteiger partial charge in [-0.25, -0.2) is 23.1 Å². The van der Waals surface area contributed by atoms with Crippen molar-refractivity contribution in [2.45, 2.75) is 76.4 Å². The fourth-order valence-corrected chi connectivity index (χ4v) is 4.87. The van der Waals surface area contributed by atoms with Gasteiger partial charge in [-0.3, -0.25) is 4.79 Å². The average Bonchev–Trinajstić information content (AvgIpc) is 3.12. The fraction of sp³-hybridized carbons (Fsp3) is 0.640. The molecule has 0 aromatic carbocycles. The van der Waals surface area contributed by atoms with Crippen LogP contribution >= 0.6 is 0 Å². The van der Waals surface area contributed by atoms with Crippen molar-refractivity contribution in [3.05, 3.63) is 41.2 Å². The summed E-state index contributed by atoms with van der Waals surface area (Å²) < 4.78 is 50.7. The first-order chi connectivity index (χ1) is 16.8. The molecular formula is C25H33F3N4O3. The zero-order valence-corrected chi connectivity index (χ0v) is 20.1. The van der Waals surface area contributed by atoms with Gasteiger partial charge in [-0.2, -0.15) is 0 Å². The molecule has 192 valence electrons. The summed E-state index contributed by atoms with van der Waals surface area (Å²) in [6, 6.07) is 3.51. The lowest BCUT2D eigenvalue weighted by molar-refractivity contribution is -0.121. The van der Waals surface area contributed by atoms with Crippen LogP contribution in [0.15, 0.2) is 22.7 Å². The smallest absolute Gasteiger partial charge is 0.272 e. The lowest BCUT2D eigenvalue weighted by Gasteiger charge is -2.35. The molecule has 0 spiro atoms. The Bertz CT molecular complexity index is 992. The number of alkyl halides is 3. The molecule has 7 nitrogen and oxygen atoms in total. The van der Waals surface area contributed by atoms with Gasteiger partial charge in [0.1, 0.15) is 11.4 Å². The zero-order valence-electron chi connectivity index (χ0n) is 20.1. The largest absolute Gasteiger partial charge is 0.472 e. The Hall–Kier alpha value is -2.62. The third-order valence-electron chi connectivity index (χ3n) is 6.89. The first-order valence-corrected chi connectivity index (χ1v) is 12.3. The predicted molar refractivity (Wildman–Crippen MR) is 123 cm³/mol. The van der Waals surface area contributed by atoms with Crippen LogP contribution < -0.4 is 10.1 Å². The summed E-state index contributed by atoms with van der Waals surface area (Å²) in [5, 5.41) is 3.00. The molecular weight excluding hydrogens is 461 g/mol. The highest BCUT2D eigenvalue weighted by atomic mass is 19.3. The van der Waals surface area contributed by atoms with Gasteiger partial charge in [-0.1, -0.05) is 6.07 Å². The minimum absolute atomic E-state index is 0.0179. The maximum Gasteiger partial charge on any atom is 0.272 e. The maximum absolute atomic E-state index is 15.5. The molecule has 1 saturated carbocycles. The summed E-state index contributed by atoms with van der Waals surface area (Å²) in [6.07, 6.45) is 3.19. The molecule has 0 unspecified atom stereocenters. The van der Waals surface area contributed by atoms with E-state index >= 15 is 4.39 Å². The maximum atomic E-state index is 15.5. The molecule has 2 aromatic rings. The number of aromatic nitrogens is 2. The number of carbonyl (C=O) groups is 1. The monoisotopic (exact) mass is 494 g/mol. The number of aryl methyl sites for hydroxylation is 1. The van der Waals surface area contributed by atoms with Crippen LogP contribution in [0.4, 0.5) is 13.2 Å². The number of pyridine rings is 1. The Labute approximate surface area is 203 Å². The summed E-state index contributed by atoms with van der Waals surface area (Å²) in [7, 11) is 0. The highest BCUT2D eigenvalue weighted by Crippen LogP contribution is 2.35. The van der Waals surface area contributed by atoms with Crippen LogP contribution in [-0.4, -0.2) is 65.2 Å². The van der Waals surface area contributed by atoms with Gasteiger partial charge in [0.25, 0.3) is 6.43 Å². The molecule has 0 radical (unpaired) electrons. The van der Waals surface area contributed by atoms with Crippen LogP contribution in [0.5, 0.6) is 5.88 Å². The molecule has 4 rings (SSSR count). The van der Waals surface area contributed by atoms with Gasteiger partial charge in [0, 0.05) is 50.8 Å². The lowest BCUT2D eigenvalue weighted by Crippen LogP contribution is -2.43. The van der Waals surface area contributed by atoms with E-state index in [9.17, 15) is 13.6 Å². The Kier molecular flexibility index (Phi) is 8.30. The van der Waals surface area contributed by atoms with E-state index in [-0.39, 0.29) is 24.2 Å². The molecule has 2 aromatic heterocycles. The normalized spacial score (nSPS) is 23.1. The Morgan fingerprint density at radius 3 is 2.77 bits per heavy atom. The minimum Gasteiger partial charge on any atom is -0.472 e. The first-order valence-electron chi connectivity index (χ1n) is 12.3. The van der Waals surface area contributed by atoms with E-state index in [0.717, 1.165) is 30.8 Å². The highest BCUT2D eigenvalue weighted by molar-refractivity contribution is 5.78. The summed E-state index contributed by atoms with van der Waals surface area (Å²) in [4.78, 5) is 22.9. The van der Waals surface area contributed by atoms with Crippen molar-refractivity contribution in [3.8, 4) is 5.88 Å². The third kappa shape index (κ3) is 7.43. The van der Waals surface area contributed by atoms with Gasteiger partial charge < -0.3 is 19.4 Å². The Morgan fingerprint density at radius 2 is 2.06 bits per heavy atom. The van der Waals surface area contributed by atoms with E-state index in [1.807, 2.05) is 6.07 Å². The minimum atomic E-state index is -2.53. The van der Waals surface area contributed by atoms with E-state index in [0.29, 0.717) is 56.7 Å². The van der Waals surface area contributed by atoms with Crippen LogP contribution in [0, 0.1) is 6.92 Å². The van der Waals surface area contributed by atoms with Gasteiger partial charge in [-0.15, -0.1) is 0 Å². The number of ether oxygens (including phenoxy) is 1. The van der Waals surface area contributed by atoms with Gasteiger partial charge >= 0.3 is 0 Å². The number of oxazole rings is 1. The Balaban J connectivity index is 1.19. The van der Waals surface area contributed by atoms with Crippen LogP contribution in [0.3, 0.4) is 0 Å². The molecule has 35 heavy (non-hydrogen) atoms. The van der Waals surface area contributed by atoms with Gasteiger partial charge in [0.15, 0.2) is 12.5 Å². The second-order valence-corrected chi connectivity index (χ2v) is 9.56. The summed E-state index contributed by atoms with van der Waals surface area (Å²) in [5.41, 5.74) is 0.728. The number of hydrogen-bond donors (Lipinski definition) is 1. The molecule has 1 aliphatic carbocycles. The van der Waals surface area contributed by atoms with Crippen molar-refractivity contribution < 1.29 is 27.1 Å². The SMILES string of the molecule is Cc1ncc(CC(=O)N[C@H]2CC[C@](F)(CCN3CCc4ccc(OCC(F)F)nc4CC3)CC2)o1. The van der Waals surface area contributed by atoms with Crippen LogP contribution in [0.1, 0.15) is 55.0 Å². The molecule has 0 saturated heterocycles. The van der Waals surface area contributed by atoms with E-state index in [2.05, 4.69) is 20.2 Å². The first kappa shape index (κ1) is 25.5. The number of rotatable bonds is 9. The standard InChI is InChI=1S/C25H33F3N4O3/c1-17-29-15-20(35-17)14-23(33)30-19-4-8-25(28,9-5-19)10-13-32-11-6-18-2-3-24(34-16-22(26)27)31-21(18)7-12-32/h2-3,15,19,22H,4-14,16H2,1H3,(H,30,33)/t19-,25+. The number of nitrogens with one attached hydrogen (secondary N) is 1. The second-order valence-electron chi connectivity index (χ2n) is 9.56. The van der Waals surface area contributed by atoms with Crippen molar-refractivity contribution in [1.82, 2.24) is 20.2 Å². The van der Waals surface area contributed by atoms with Crippen LogP contribution in [-0.2, 0) is 24.1 Å². The molecule has 1 N–H and O–H groups in total. The zero-order chi connectivity index (χ0) is 24.8. The van der Waals surface area contributed by atoms with E-state index in [1.165, 1.54) is 0 Å². The molecule has 10 heteroatoms. The van der Waals surface area contributed by atoms with E-state index in [4.69, 9.17) is 9.15 Å². The van der Waals surface area contributed by atoms with Crippen molar-refractivity contribution in [1.29, 1.82) is 0 Å². The second kappa shape index (κ2) is 11.4. The highest BCUT2D eigenvalue weighted by Gasteiger charge is 2.36. The summed E-state index contributed by atoms with van der Waals surface area (Å²) in [6.45, 7) is 3.27. The fourth-order valence-electron chi connectivity index (χ4n) is 4.87. The number of halogens is 3. The molecule has 1 amide bonds. The van der Waals surface area contributed by atoms with Crippen LogP contribution in [0.25, 0.3) is 0 Å².